The van der Waals surface area contributed by atoms with Gasteiger partial charge in [-0.25, -0.2) is 0 Å². The number of anilines is 1. The Morgan fingerprint density at radius 2 is 0.620 bits per heavy atom. The van der Waals surface area contributed by atoms with Crippen molar-refractivity contribution >= 4 is 162 Å². The van der Waals surface area contributed by atoms with Crippen molar-refractivity contribution < 1.29 is 47.8 Å². The molecule has 712 valence electrons. The topological polar surface area (TPSA) is 261 Å². The lowest BCUT2D eigenvalue weighted by atomic mass is 9.99. The lowest BCUT2D eigenvalue weighted by Gasteiger charge is -2.12. The quantitative estimate of drug-likeness (QED) is 0.0251. The summed E-state index contributed by atoms with van der Waals surface area (Å²) in [6.07, 6.45) is 14.3. The number of benzene rings is 14. The Labute approximate surface area is 842 Å². The van der Waals surface area contributed by atoms with Crippen LogP contribution in [0.2, 0.25) is 10.0 Å². The van der Waals surface area contributed by atoms with Gasteiger partial charge < -0.3 is 54.0 Å². The Morgan fingerprint density at radius 1 is 0.296 bits per heavy atom. The van der Waals surface area contributed by atoms with Gasteiger partial charge in [0.05, 0.1) is 25.8 Å². The Kier molecular flexibility index (Phi) is 33.8. The molecule has 0 aliphatic carbocycles. The zero-order valence-electron chi connectivity index (χ0n) is 80.0. The van der Waals surface area contributed by atoms with Gasteiger partial charge in [0.15, 0.2) is 40.5 Å². The van der Waals surface area contributed by atoms with Crippen LogP contribution in [0.15, 0.2) is 369 Å². The number of aryl methyl sites for hydroxylation is 3. The molecule has 21 rings (SSSR count). The Morgan fingerprint density at radius 3 is 0.979 bits per heavy atom. The summed E-state index contributed by atoms with van der Waals surface area (Å²) in [4.78, 5) is 110. The molecule has 0 atom stereocenters. The lowest BCUT2D eigenvalue weighted by Crippen LogP contribution is -2.09. The first-order chi connectivity index (χ1) is 68.8. The molecule has 0 unspecified atom stereocenters. The minimum absolute atomic E-state index is 0.0125. The van der Waals surface area contributed by atoms with Crippen molar-refractivity contribution in [3.8, 4) is 17.2 Å². The third-order valence-electron chi connectivity index (χ3n) is 24.3. The third-order valence-corrected chi connectivity index (χ3v) is 25.4. The summed E-state index contributed by atoms with van der Waals surface area (Å²) < 4.78 is 16.7. The maximum absolute atomic E-state index is 12.4. The number of methoxy groups -OCH3 is 2. The van der Waals surface area contributed by atoms with Crippen LogP contribution in [-0.4, -0.2) is 110 Å². The fourth-order valence-electron chi connectivity index (χ4n) is 16.4. The summed E-state index contributed by atoms with van der Waals surface area (Å²) >= 11 is 15.3. The van der Waals surface area contributed by atoms with E-state index in [2.05, 4.69) is 94.1 Å². The molecule has 0 amide bonds. The number of Topliss-reactive ketones (excluding diaryl/α,β-unsaturated/α-hetero) is 7. The fraction of sp³-hybridized carbons (Fsp3) is 0.132. The molecule has 0 radical (unpaired) electrons. The van der Waals surface area contributed by atoms with Crippen molar-refractivity contribution in [1.29, 1.82) is 0 Å². The lowest BCUT2D eigenvalue weighted by molar-refractivity contribution is 0.0984. The summed E-state index contributed by atoms with van der Waals surface area (Å²) in [6, 6.07) is 104. The van der Waals surface area contributed by atoms with Crippen LogP contribution in [0.3, 0.4) is 0 Å². The van der Waals surface area contributed by atoms with Crippen LogP contribution in [0.25, 0.3) is 76.3 Å². The molecule has 14 aromatic carbocycles. The first-order valence-electron chi connectivity index (χ1n) is 46.5. The molecule has 0 aliphatic heterocycles. The zero-order chi connectivity index (χ0) is 99.7. The van der Waals surface area contributed by atoms with Crippen molar-refractivity contribution in [2.24, 2.45) is 0 Å². The van der Waals surface area contributed by atoms with E-state index in [-0.39, 0.29) is 40.5 Å². The van der Waals surface area contributed by atoms with Crippen LogP contribution in [0.4, 0.5) is 5.69 Å². The van der Waals surface area contributed by atoms with Gasteiger partial charge in [-0.3, -0.25) is 33.6 Å². The molecule has 0 aliphatic rings. The number of carbonyl (C=O) groups is 7. The van der Waals surface area contributed by atoms with Crippen LogP contribution in [0.5, 0.6) is 17.2 Å². The minimum Gasteiger partial charge on any atom is -0.497 e. The van der Waals surface area contributed by atoms with E-state index in [9.17, 15) is 33.6 Å². The maximum Gasteiger partial charge on any atom is 0.168 e. The number of aromatic nitrogens is 7. The van der Waals surface area contributed by atoms with Crippen molar-refractivity contribution in [2.45, 2.75) is 72.6 Å². The smallest absolute Gasteiger partial charge is 0.168 e. The predicted octanol–water partition coefficient (Wildman–Crippen LogP) is 28.6. The number of hydrogen-bond acceptors (Lipinski definition) is 11. The van der Waals surface area contributed by atoms with Gasteiger partial charge in [-0.05, 0) is 352 Å². The molecule has 21 aromatic rings. The van der Waals surface area contributed by atoms with Gasteiger partial charge in [-0.2, -0.15) is 0 Å². The third kappa shape index (κ3) is 27.2. The average molecular weight is 1980 g/mol. The largest absolute Gasteiger partial charge is 0.497 e. The molecular weight excluding hydrogens is 1880 g/mol. The molecule has 7 N–H and O–H groups in total. The number of H-pyrrole nitrogens is 7. The van der Waals surface area contributed by atoms with Gasteiger partial charge in [0.25, 0.3) is 0 Å². The highest BCUT2D eigenvalue weighted by Gasteiger charge is 2.18. The van der Waals surface area contributed by atoms with E-state index < -0.39 is 0 Å². The fourth-order valence-corrected chi connectivity index (χ4v) is 17.2. The van der Waals surface area contributed by atoms with Crippen LogP contribution in [0.1, 0.15) is 135 Å². The summed E-state index contributed by atoms with van der Waals surface area (Å²) in [7, 11) is 7.19. The van der Waals surface area contributed by atoms with Gasteiger partial charge in [-0.15, -0.1) is 0 Å². The Balaban J connectivity index is 0.000000125. The molecule has 7 aromatic heterocycles. The van der Waals surface area contributed by atoms with Crippen molar-refractivity contribution in [2.75, 3.05) is 39.8 Å². The SMILES string of the molecule is CCOc1cccc(C(=O)Cc2ccc3[nH]ccc3c2)c1.CN(C)c1ccc(C(=O)Cc2ccc3[nH]ccc3c2)cc1.COc1ccc(C(=O)Cc2ccc3[nH]c(C)cc3c2)cc1.COc1cccc(C(=O)Cc2ccc3[nH]ccc3c2)c1.Cc1ccc(C(=O)Cc2ccc3[nH]ccc3c2)cc1C.O=C(Cc1ccc2[nH]ccc2c1)c1ccc(Br)cc1.O=C(Cc1ccc2[nH]ccc2c1)c1ccc(Cl)cc1Cl. The van der Waals surface area contributed by atoms with E-state index in [1.165, 1.54) is 5.56 Å². The molecule has 18 nitrogen and oxygen atoms in total. The second-order valence-electron chi connectivity index (χ2n) is 34.8. The molecule has 7 heterocycles. The number of aromatic amines is 7. The second kappa shape index (κ2) is 47.9. The molecule has 0 bridgehead atoms. The number of rotatable bonds is 26. The van der Waals surface area contributed by atoms with Gasteiger partial charge >= 0.3 is 0 Å². The molecule has 142 heavy (non-hydrogen) atoms. The van der Waals surface area contributed by atoms with E-state index in [0.29, 0.717) is 89.6 Å². The van der Waals surface area contributed by atoms with E-state index in [0.717, 1.165) is 165 Å². The van der Waals surface area contributed by atoms with Crippen LogP contribution in [-0.2, 0) is 44.9 Å². The van der Waals surface area contributed by atoms with E-state index in [1.807, 2.05) is 326 Å². The van der Waals surface area contributed by atoms with Crippen molar-refractivity contribution in [3.63, 3.8) is 0 Å². The summed E-state index contributed by atoms with van der Waals surface area (Å²) in [6.45, 7) is 8.66. The van der Waals surface area contributed by atoms with E-state index in [1.54, 1.807) is 56.7 Å². The van der Waals surface area contributed by atoms with E-state index >= 15 is 0 Å². The van der Waals surface area contributed by atoms with Crippen LogP contribution in [0, 0.1) is 20.8 Å². The number of ketones is 7. The molecule has 0 spiro atoms. The number of carbonyl (C=O) groups excluding carboxylic acids is 7. The zero-order valence-corrected chi connectivity index (χ0v) is 83.1. The second-order valence-corrected chi connectivity index (χ2v) is 36.5. The highest BCUT2D eigenvalue weighted by atomic mass is 79.9. The predicted molar refractivity (Wildman–Crippen MR) is 580 cm³/mol. The van der Waals surface area contributed by atoms with E-state index in [4.69, 9.17) is 37.4 Å². The Hall–Kier alpha value is -16.2. The molecule has 0 fully saturated rings. The van der Waals surface area contributed by atoms with Gasteiger partial charge in [0.2, 0.25) is 0 Å². The summed E-state index contributed by atoms with van der Waals surface area (Å²) in [5.41, 5.74) is 24.3. The standard InChI is InChI=1S/C18H18N2O.2C18H17NO2.C18H17NO.C17H15NO2.C16H12BrNO.C16H11Cl2NO/c1-20(2)16-6-4-14(5-7-16)18(21)12-13-3-8-17-15(11-13)9-10-19-17;1-12-9-15-10-13(3-8-17(15)19-12)11-18(20)14-4-6-16(21-2)7-5-14;1-2-21-16-5-3-4-15(12-16)18(20)11-13-6-7-17-14(10-13)8-9-19-17;1-12-3-5-16(9-13(12)2)18(20)11-14-4-6-17-15(10-14)7-8-19-17;1-20-15-4-2-3-14(11-15)17(19)10-12-5-6-16-13(9-12)7-8-18-16;17-14-4-2-12(3-5-14)16(19)10-11-1-6-15-13(9-11)7-8-18-15;17-12-2-3-13(14(18)9-12)16(20)8-10-1-4-15-11(7-10)5-6-19-15/h3-11,19H,12H2,1-2H3;3-10,19H,11H2,1-2H3;3-10,12,19H,2,11H2,1H3;3-10,19H,11H2,1-2H3;2-9,11,18H,10H2,1H3;1-9,18H,10H2;1-7,9,19H,8H2. The monoisotopic (exact) mass is 1980 g/mol. The first-order valence-corrected chi connectivity index (χ1v) is 48.1. The number of nitrogens with one attached hydrogen (secondary N) is 7. The average Bonchev–Trinajstić information content (AvgIpc) is 1.40. The highest BCUT2D eigenvalue weighted by molar-refractivity contribution is 9.10. The maximum atomic E-state index is 12.4. The number of nitrogens with zero attached hydrogens (tertiary/aromatic N) is 1. The van der Waals surface area contributed by atoms with Crippen LogP contribution >= 0.6 is 39.1 Å². The number of ether oxygens (including phenoxy) is 3. The normalized spacial score (nSPS) is 10.8. The molecular formula is C121H107BrCl2N8O10. The molecule has 21 heteroatoms. The van der Waals surface area contributed by atoms with Gasteiger partial charge in [0.1, 0.15) is 17.2 Å². The van der Waals surface area contributed by atoms with Gasteiger partial charge in [-0.1, -0.05) is 130 Å². The Bertz CT molecular complexity index is 8030. The highest BCUT2D eigenvalue weighted by Crippen LogP contribution is 2.30. The summed E-state index contributed by atoms with van der Waals surface area (Å²) in [5, 5.41) is 8.85. The van der Waals surface area contributed by atoms with Crippen LogP contribution < -0.4 is 19.1 Å². The number of halogens is 3. The van der Waals surface area contributed by atoms with Gasteiger partial charge in [0, 0.05) is 195 Å². The molecule has 0 saturated heterocycles. The van der Waals surface area contributed by atoms with Crippen molar-refractivity contribution in [3.05, 3.63) is 474 Å². The first kappa shape index (κ1) is 100. The minimum atomic E-state index is -0.0125. The molecule has 0 saturated carbocycles. The number of hydrogen-bond donors (Lipinski definition) is 7. The van der Waals surface area contributed by atoms with Crippen molar-refractivity contribution in [1.82, 2.24) is 34.9 Å². The number of fused-ring (bicyclic) bond motifs is 7. The summed E-state index contributed by atoms with van der Waals surface area (Å²) in [5.74, 6) is 2.97.